The molecule has 0 aliphatic heterocycles. The lowest BCUT2D eigenvalue weighted by Gasteiger charge is -2.23. The van der Waals surface area contributed by atoms with Gasteiger partial charge in [0.1, 0.15) is 0 Å². The molecule has 2 rings (SSSR count). The quantitative estimate of drug-likeness (QED) is 0.887. The lowest BCUT2D eigenvalue weighted by Crippen LogP contribution is -2.38. The highest BCUT2D eigenvalue weighted by Crippen LogP contribution is 2.46. The van der Waals surface area contributed by atoms with Crippen LogP contribution < -0.4 is 5.32 Å². The number of nitrogens with one attached hydrogen (secondary N) is 1. The second-order valence-electron chi connectivity index (χ2n) is 5.10. The Bertz CT molecular complexity index is 426. The normalized spacial score (nSPS) is 16.4. The van der Waals surface area contributed by atoms with E-state index in [4.69, 9.17) is 11.6 Å². The van der Waals surface area contributed by atoms with Gasteiger partial charge in [-0.15, -0.1) is 0 Å². The van der Waals surface area contributed by atoms with E-state index in [1.807, 2.05) is 43.3 Å². The number of benzene rings is 1. The summed E-state index contributed by atoms with van der Waals surface area (Å²) in [5, 5.41) is 3.84. The topological polar surface area (TPSA) is 32.3 Å². The van der Waals surface area contributed by atoms with Crippen LogP contribution in [0.5, 0.6) is 0 Å². The largest absolute Gasteiger partial charge is 0.341 e. The van der Waals surface area contributed by atoms with Gasteiger partial charge in [0.25, 0.3) is 0 Å². The molecule has 0 saturated heterocycles. The summed E-state index contributed by atoms with van der Waals surface area (Å²) in [4.78, 5) is 14.2. The fourth-order valence-electron chi connectivity index (χ4n) is 2.30. The molecule has 1 amide bonds. The van der Waals surface area contributed by atoms with Crippen molar-refractivity contribution in [1.29, 1.82) is 0 Å². The fourth-order valence-corrected chi connectivity index (χ4v) is 2.42. The van der Waals surface area contributed by atoms with Gasteiger partial charge in [0, 0.05) is 25.2 Å². The Kier molecular flexibility index (Phi) is 3.93. The number of carbonyl (C=O) groups excluding carboxylic acids is 1. The lowest BCUT2D eigenvalue weighted by molar-refractivity contribution is -0.136. The van der Waals surface area contributed by atoms with Crippen LogP contribution in [0.4, 0.5) is 0 Å². The SMILES string of the molecule is CNCC1(C(=O)N(C)Cc2ccc(Cl)cc2)CC1. The maximum Gasteiger partial charge on any atom is 0.230 e. The summed E-state index contributed by atoms with van der Waals surface area (Å²) in [6.45, 7) is 1.41. The van der Waals surface area contributed by atoms with E-state index in [1.165, 1.54) is 0 Å². The standard InChI is InChI=1S/C14H19ClN2O/c1-16-10-14(7-8-14)13(18)17(2)9-11-3-5-12(15)6-4-11/h3-6,16H,7-10H2,1-2H3. The molecule has 4 heteroatoms. The Morgan fingerprint density at radius 2 is 2.00 bits per heavy atom. The minimum Gasteiger partial charge on any atom is -0.341 e. The predicted octanol–water partition coefficient (Wildman–Crippen LogP) is 2.30. The first-order chi connectivity index (χ1) is 8.57. The van der Waals surface area contributed by atoms with Crippen LogP contribution in [0.3, 0.4) is 0 Å². The highest BCUT2D eigenvalue weighted by atomic mass is 35.5. The van der Waals surface area contributed by atoms with Crippen molar-refractivity contribution in [1.82, 2.24) is 10.2 Å². The van der Waals surface area contributed by atoms with Crippen LogP contribution in [0.2, 0.25) is 5.02 Å². The summed E-state index contributed by atoms with van der Waals surface area (Å²) >= 11 is 5.85. The van der Waals surface area contributed by atoms with E-state index in [2.05, 4.69) is 5.32 Å². The van der Waals surface area contributed by atoms with Crippen molar-refractivity contribution < 1.29 is 4.79 Å². The van der Waals surface area contributed by atoms with E-state index in [9.17, 15) is 4.79 Å². The fraction of sp³-hybridized carbons (Fsp3) is 0.500. The highest BCUT2D eigenvalue weighted by Gasteiger charge is 2.50. The van der Waals surface area contributed by atoms with E-state index in [0.717, 1.165) is 30.0 Å². The molecule has 1 N–H and O–H groups in total. The van der Waals surface area contributed by atoms with Crippen LogP contribution in [0.15, 0.2) is 24.3 Å². The number of rotatable bonds is 5. The van der Waals surface area contributed by atoms with Crippen molar-refractivity contribution >= 4 is 17.5 Å². The van der Waals surface area contributed by atoms with Crippen molar-refractivity contribution in [3.8, 4) is 0 Å². The molecule has 0 radical (unpaired) electrons. The molecule has 0 heterocycles. The Morgan fingerprint density at radius 3 is 2.50 bits per heavy atom. The average Bonchev–Trinajstić information content (AvgIpc) is 3.12. The lowest BCUT2D eigenvalue weighted by atomic mass is 10.1. The summed E-state index contributed by atoms with van der Waals surface area (Å²) in [6.07, 6.45) is 2.00. The van der Waals surface area contributed by atoms with Gasteiger partial charge in [-0.3, -0.25) is 4.79 Å². The van der Waals surface area contributed by atoms with Crippen LogP contribution in [0.25, 0.3) is 0 Å². The molecular formula is C14H19ClN2O. The zero-order valence-electron chi connectivity index (χ0n) is 10.9. The van der Waals surface area contributed by atoms with Crippen LogP contribution in [-0.2, 0) is 11.3 Å². The number of carbonyl (C=O) groups is 1. The summed E-state index contributed by atoms with van der Waals surface area (Å²) in [5.41, 5.74) is 0.964. The summed E-state index contributed by atoms with van der Waals surface area (Å²) in [5.74, 6) is 0.242. The monoisotopic (exact) mass is 266 g/mol. The Labute approximate surface area is 113 Å². The zero-order valence-corrected chi connectivity index (χ0v) is 11.6. The number of halogens is 1. The van der Waals surface area contributed by atoms with Crippen LogP contribution in [0.1, 0.15) is 18.4 Å². The first-order valence-electron chi connectivity index (χ1n) is 6.22. The molecule has 98 valence electrons. The van der Waals surface area contributed by atoms with Crippen molar-refractivity contribution in [3.63, 3.8) is 0 Å². The van der Waals surface area contributed by atoms with E-state index in [1.54, 1.807) is 0 Å². The summed E-state index contributed by atoms with van der Waals surface area (Å²) < 4.78 is 0. The third kappa shape index (κ3) is 2.85. The van der Waals surface area contributed by atoms with Gasteiger partial charge in [0.2, 0.25) is 5.91 Å². The molecular weight excluding hydrogens is 248 g/mol. The van der Waals surface area contributed by atoms with E-state index >= 15 is 0 Å². The number of amides is 1. The van der Waals surface area contributed by atoms with E-state index in [-0.39, 0.29) is 11.3 Å². The van der Waals surface area contributed by atoms with Crippen molar-refractivity contribution in [2.45, 2.75) is 19.4 Å². The molecule has 0 unspecified atom stereocenters. The van der Waals surface area contributed by atoms with E-state index < -0.39 is 0 Å². The summed E-state index contributed by atoms with van der Waals surface area (Å²) in [6, 6.07) is 7.64. The molecule has 1 aromatic carbocycles. The van der Waals surface area contributed by atoms with Crippen molar-refractivity contribution in [2.24, 2.45) is 5.41 Å². The smallest absolute Gasteiger partial charge is 0.230 e. The predicted molar refractivity (Wildman–Crippen MR) is 73.5 cm³/mol. The van der Waals surface area contributed by atoms with Crippen molar-refractivity contribution in [3.05, 3.63) is 34.9 Å². The van der Waals surface area contributed by atoms with Crippen LogP contribution in [0, 0.1) is 5.41 Å². The van der Waals surface area contributed by atoms with Crippen LogP contribution in [-0.4, -0.2) is 31.4 Å². The molecule has 0 atom stereocenters. The molecule has 1 saturated carbocycles. The molecule has 3 nitrogen and oxygen atoms in total. The molecule has 0 aromatic heterocycles. The first-order valence-corrected chi connectivity index (χ1v) is 6.60. The van der Waals surface area contributed by atoms with Gasteiger partial charge in [-0.2, -0.15) is 0 Å². The number of nitrogens with zero attached hydrogens (tertiary/aromatic N) is 1. The van der Waals surface area contributed by atoms with Gasteiger partial charge < -0.3 is 10.2 Å². The number of hydrogen-bond donors (Lipinski definition) is 1. The summed E-state index contributed by atoms with van der Waals surface area (Å²) in [7, 11) is 3.76. The average molecular weight is 267 g/mol. The van der Waals surface area contributed by atoms with Crippen molar-refractivity contribution in [2.75, 3.05) is 20.6 Å². The van der Waals surface area contributed by atoms with Crippen LogP contribution >= 0.6 is 11.6 Å². The molecule has 18 heavy (non-hydrogen) atoms. The molecule has 1 aliphatic carbocycles. The van der Waals surface area contributed by atoms with Gasteiger partial charge in [0.15, 0.2) is 0 Å². The maximum absolute atomic E-state index is 12.3. The third-order valence-corrected chi connectivity index (χ3v) is 3.75. The molecule has 0 bridgehead atoms. The van der Waals surface area contributed by atoms with Gasteiger partial charge >= 0.3 is 0 Å². The Morgan fingerprint density at radius 1 is 1.39 bits per heavy atom. The molecule has 1 aliphatic rings. The van der Waals surface area contributed by atoms with Gasteiger partial charge in [-0.25, -0.2) is 0 Å². The highest BCUT2D eigenvalue weighted by molar-refractivity contribution is 6.30. The third-order valence-electron chi connectivity index (χ3n) is 3.50. The molecule has 0 spiro atoms. The second kappa shape index (κ2) is 5.29. The molecule has 1 aromatic rings. The zero-order chi connectivity index (χ0) is 13.2. The van der Waals surface area contributed by atoms with E-state index in [0.29, 0.717) is 6.54 Å². The van der Waals surface area contributed by atoms with Gasteiger partial charge in [-0.05, 0) is 37.6 Å². The second-order valence-corrected chi connectivity index (χ2v) is 5.53. The number of hydrogen-bond acceptors (Lipinski definition) is 2. The Hall–Kier alpha value is -1.06. The minimum atomic E-state index is -0.143. The first kappa shape index (κ1) is 13.4. The van der Waals surface area contributed by atoms with Gasteiger partial charge in [0.05, 0.1) is 5.41 Å². The Balaban J connectivity index is 1.97. The minimum absolute atomic E-state index is 0.143. The molecule has 1 fully saturated rings. The van der Waals surface area contributed by atoms with Gasteiger partial charge in [-0.1, -0.05) is 23.7 Å². The maximum atomic E-state index is 12.3.